The van der Waals surface area contributed by atoms with Gasteiger partial charge in [0.15, 0.2) is 5.84 Å². The van der Waals surface area contributed by atoms with Gasteiger partial charge in [-0.25, -0.2) is 9.38 Å². The second-order valence-electron chi connectivity index (χ2n) is 8.36. The number of alkyl halides is 3. The molecule has 0 N–H and O–H groups in total. The molecule has 0 unspecified atom stereocenters. The second-order valence-corrected chi connectivity index (χ2v) is 8.36. The van der Waals surface area contributed by atoms with Gasteiger partial charge in [-0.3, -0.25) is 9.98 Å². The fourth-order valence-electron chi connectivity index (χ4n) is 4.23. The van der Waals surface area contributed by atoms with Crippen molar-refractivity contribution in [3.8, 4) is 0 Å². The van der Waals surface area contributed by atoms with E-state index in [2.05, 4.69) is 16.7 Å². The van der Waals surface area contributed by atoms with E-state index in [1.165, 1.54) is 24.3 Å². The highest BCUT2D eigenvalue weighted by atomic mass is 19.4. The zero-order valence-electron chi connectivity index (χ0n) is 19.5. The van der Waals surface area contributed by atoms with Crippen molar-refractivity contribution in [1.29, 1.82) is 0 Å². The molecule has 0 spiro atoms. The molecule has 1 aliphatic rings. The Morgan fingerprint density at radius 2 is 1.76 bits per heavy atom. The maximum absolute atomic E-state index is 14.0. The fraction of sp³-hybridized carbons (Fsp3) is 0.370. The lowest BCUT2D eigenvalue weighted by Crippen LogP contribution is -2.19. The van der Waals surface area contributed by atoms with E-state index in [4.69, 9.17) is 4.99 Å². The van der Waals surface area contributed by atoms with Crippen LogP contribution in [-0.4, -0.2) is 24.8 Å². The first kappa shape index (κ1) is 25.5. The molecule has 0 radical (unpaired) electrons. The van der Waals surface area contributed by atoms with Gasteiger partial charge >= 0.3 is 6.18 Å². The van der Waals surface area contributed by atoms with Crippen LogP contribution in [-0.2, 0) is 6.18 Å². The van der Waals surface area contributed by atoms with Crippen LogP contribution in [0.2, 0.25) is 0 Å². The van der Waals surface area contributed by atoms with Gasteiger partial charge in [0.25, 0.3) is 0 Å². The Bertz CT molecular complexity index is 1110. The Kier molecular flexibility index (Phi) is 8.53. The summed E-state index contributed by atoms with van der Waals surface area (Å²) in [5.41, 5.74) is 1.24. The average Bonchev–Trinajstić information content (AvgIpc) is 2.82. The highest BCUT2D eigenvalue weighted by Gasteiger charge is 2.34. The molecule has 3 rings (SSSR count). The molecular weight excluding hydrogens is 442 g/mol. The normalized spacial score (nSPS) is 16.6. The average molecular weight is 472 g/mol. The number of amidine groups is 1. The van der Waals surface area contributed by atoms with Gasteiger partial charge in [-0.15, -0.1) is 0 Å². The first-order valence-electron chi connectivity index (χ1n) is 11.5. The molecule has 1 aliphatic carbocycles. The van der Waals surface area contributed by atoms with Crippen molar-refractivity contribution in [2.45, 2.75) is 52.1 Å². The maximum Gasteiger partial charge on any atom is 0.417 e. The van der Waals surface area contributed by atoms with Crippen LogP contribution in [0.5, 0.6) is 0 Å². The third-order valence-electron chi connectivity index (χ3n) is 5.97. The second kappa shape index (κ2) is 11.4. The van der Waals surface area contributed by atoms with Gasteiger partial charge in [0.2, 0.25) is 0 Å². The molecule has 180 valence electrons. The Balaban J connectivity index is 2.19. The fourth-order valence-corrected chi connectivity index (χ4v) is 4.23. The van der Waals surface area contributed by atoms with E-state index in [0.717, 1.165) is 43.7 Å². The summed E-state index contributed by atoms with van der Waals surface area (Å²) in [6.45, 7) is 7.67. The molecule has 0 aliphatic heterocycles. The SMILES string of the molecule is C=N/C(=C\C(=NC(=NCC)c1cc(F)ccc1C)C1CCCCC1)c1ccccc1C(F)(F)F. The number of aliphatic imine (C=N–C) groups is 3. The van der Waals surface area contributed by atoms with Crippen LogP contribution in [0.25, 0.3) is 5.70 Å². The van der Waals surface area contributed by atoms with Gasteiger partial charge in [0.05, 0.1) is 11.3 Å². The van der Waals surface area contributed by atoms with E-state index in [1.807, 2.05) is 13.8 Å². The number of nitrogens with zero attached hydrogens (tertiary/aromatic N) is 3. The third-order valence-corrected chi connectivity index (χ3v) is 5.97. The lowest BCUT2D eigenvalue weighted by Gasteiger charge is -2.23. The molecule has 0 atom stereocenters. The Morgan fingerprint density at radius 3 is 2.41 bits per heavy atom. The summed E-state index contributed by atoms with van der Waals surface area (Å²) in [4.78, 5) is 13.3. The van der Waals surface area contributed by atoms with E-state index in [1.54, 1.807) is 18.2 Å². The smallest absolute Gasteiger partial charge is 0.267 e. The summed E-state index contributed by atoms with van der Waals surface area (Å²) in [6.07, 6.45) is 1.91. The monoisotopic (exact) mass is 471 g/mol. The lowest BCUT2D eigenvalue weighted by atomic mass is 9.85. The summed E-state index contributed by atoms with van der Waals surface area (Å²) in [5.74, 6) is 0.00484. The van der Waals surface area contributed by atoms with Gasteiger partial charge < -0.3 is 0 Å². The molecular formula is C27H29F4N3. The number of rotatable bonds is 6. The highest BCUT2D eigenvalue weighted by Crippen LogP contribution is 2.36. The summed E-state index contributed by atoms with van der Waals surface area (Å²) >= 11 is 0. The zero-order valence-corrected chi connectivity index (χ0v) is 19.5. The van der Waals surface area contributed by atoms with Crippen LogP contribution in [0.15, 0.2) is 63.5 Å². The van der Waals surface area contributed by atoms with Crippen molar-refractivity contribution in [1.82, 2.24) is 0 Å². The molecule has 1 saturated carbocycles. The largest absolute Gasteiger partial charge is 0.417 e. The molecule has 0 saturated heterocycles. The molecule has 1 fully saturated rings. The topological polar surface area (TPSA) is 37.1 Å². The molecule has 0 aromatic heterocycles. The standard InChI is InChI=1S/C27H29F4N3/c1-4-33-26(22-16-20(28)15-14-18(22)2)34-24(19-10-6-5-7-11-19)17-25(32-3)21-12-8-9-13-23(21)27(29,30)31/h8-9,12-17,19H,3-7,10-11H2,1-2H3/b25-17-,33-26?,34-24?. The van der Waals surface area contributed by atoms with Crippen LogP contribution in [0.1, 0.15) is 61.3 Å². The third kappa shape index (κ3) is 6.27. The molecule has 7 heteroatoms. The molecule has 34 heavy (non-hydrogen) atoms. The number of allylic oxidation sites excluding steroid dienone is 1. The Morgan fingerprint density at radius 1 is 1.06 bits per heavy atom. The minimum absolute atomic E-state index is 0.0412. The van der Waals surface area contributed by atoms with Gasteiger partial charge in [-0.05, 0) is 63.2 Å². The number of aryl methyl sites for hydroxylation is 1. The quantitative estimate of drug-likeness (QED) is 0.235. The number of hydrogen-bond donors (Lipinski definition) is 0. The highest BCUT2D eigenvalue weighted by molar-refractivity contribution is 6.13. The first-order valence-corrected chi connectivity index (χ1v) is 11.5. The molecule has 0 amide bonds. The minimum Gasteiger partial charge on any atom is -0.267 e. The van der Waals surface area contributed by atoms with Crippen molar-refractivity contribution in [2.24, 2.45) is 20.9 Å². The molecule has 2 aromatic carbocycles. The van der Waals surface area contributed by atoms with Gasteiger partial charge in [-0.2, -0.15) is 13.2 Å². The van der Waals surface area contributed by atoms with Crippen molar-refractivity contribution in [3.05, 3.63) is 76.6 Å². The first-order chi connectivity index (χ1) is 16.2. The number of halogens is 4. The molecule has 0 heterocycles. The summed E-state index contributed by atoms with van der Waals surface area (Å²) < 4.78 is 55.1. The Hall–Kier alpha value is -3.09. The molecule has 0 bridgehead atoms. The summed E-state index contributed by atoms with van der Waals surface area (Å²) in [5, 5.41) is 0. The van der Waals surface area contributed by atoms with Crippen molar-refractivity contribution < 1.29 is 17.6 Å². The molecule has 2 aromatic rings. The van der Waals surface area contributed by atoms with E-state index in [9.17, 15) is 17.6 Å². The van der Waals surface area contributed by atoms with Crippen LogP contribution < -0.4 is 0 Å². The van der Waals surface area contributed by atoms with Crippen LogP contribution >= 0.6 is 0 Å². The van der Waals surface area contributed by atoms with Gasteiger partial charge in [0, 0.05) is 29.3 Å². The van der Waals surface area contributed by atoms with Crippen molar-refractivity contribution in [2.75, 3.05) is 6.54 Å². The lowest BCUT2D eigenvalue weighted by molar-refractivity contribution is -0.137. The summed E-state index contributed by atoms with van der Waals surface area (Å²) in [6, 6.07) is 9.75. The van der Waals surface area contributed by atoms with Crippen LogP contribution in [0.4, 0.5) is 17.6 Å². The van der Waals surface area contributed by atoms with E-state index in [0.29, 0.717) is 23.7 Å². The van der Waals surface area contributed by atoms with Crippen molar-refractivity contribution in [3.63, 3.8) is 0 Å². The van der Waals surface area contributed by atoms with Crippen molar-refractivity contribution >= 4 is 24.0 Å². The predicted molar refractivity (Wildman–Crippen MR) is 131 cm³/mol. The van der Waals surface area contributed by atoms with Crippen LogP contribution in [0.3, 0.4) is 0 Å². The summed E-state index contributed by atoms with van der Waals surface area (Å²) in [7, 11) is 0. The number of benzene rings is 2. The predicted octanol–water partition coefficient (Wildman–Crippen LogP) is 7.68. The number of hydrogen-bond acceptors (Lipinski definition) is 2. The van der Waals surface area contributed by atoms with E-state index >= 15 is 0 Å². The van der Waals surface area contributed by atoms with Gasteiger partial charge in [-0.1, -0.05) is 43.5 Å². The maximum atomic E-state index is 14.0. The van der Waals surface area contributed by atoms with E-state index in [-0.39, 0.29) is 17.2 Å². The van der Waals surface area contributed by atoms with Gasteiger partial charge in [0.1, 0.15) is 5.82 Å². The Labute approximate surface area is 198 Å². The zero-order chi connectivity index (χ0) is 24.7. The van der Waals surface area contributed by atoms with Crippen LogP contribution in [0, 0.1) is 18.7 Å². The molecule has 3 nitrogen and oxygen atoms in total. The van der Waals surface area contributed by atoms with E-state index < -0.39 is 17.6 Å². The minimum atomic E-state index is -4.53.